The van der Waals surface area contributed by atoms with E-state index in [1.807, 2.05) is 72.9 Å². The van der Waals surface area contributed by atoms with E-state index in [1.54, 1.807) is 12.4 Å². The monoisotopic (exact) mass is 210 g/mol. The number of azo groups is 1. The van der Waals surface area contributed by atoms with Crippen LogP contribution in [0.15, 0.2) is 95.5 Å². The average Bonchev–Trinajstić information content (AvgIpc) is 2.29. The predicted octanol–water partition coefficient (Wildman–Crippen LogP) is 4.26. The summed E-state index contributed by atoms with van der Waals surface area (Å²) in [5.74, 6) is 0. The third-order valence-corrected chi connectivity index (χ3v) is 1.59. The van der Waals surface area contributed by atoms with Crippen molar-refractivity contribution in [1.29, 1.82) is 0 Å². The summed E-state index contributed by atoms with van der Waals surface area (Å²) in [6.07, 6.45) is 26.4. The molecule has 0 aromatic carbocycles. The maximum atomic E-state index is 3.82. The van der Waals surface area contributed by atoms with Crippen molar-refractivity contribution in [2.24, 2.45) is 10.2 Å². The Morgan fingerprint density at radius 3 is 0.875 bits per heavy atom. The molecule has 0 fully saturated rings. The van der Waals surface area contributed by atoms with E-state index in [1.165, 1.54) is 0 Å². The second-order valence-electron chi connectivity index (χ2n) is 2.84. The summed E-state index contributed by atoms with van der Waals surface area (Å²) in [6, 6.07) is 0. The summed E-state index contributed by atoms with van der Waals surface area (Å²) in [5.41, 5.74) is 0. The Kier molecular flexibility index (Phi) is 6.92. The van der Waals surface area contributed by atoms with E-state index in [9.17, 15) is 0 Å². The Bertz CT molecular complexity index is 250. The van der Waals surface area contributed by atoms with Gasteiger partial charge in [-0.1, -0.05) is 60.8 Å². The summed E-state index contributed by atoms with van der Waals surface area (Å²) < 4.78 is 0. The van der Waals surface area contributed by atoms with Crippen molar-refractivity contribution in [1.82, 2.24) is 0 Å². The molecule has 0 saturated heterocycles. The molecule has 0 amide bonds. The van der Waals surface area contributed by atoms with Crippen molar-refractivity contribution in [2.75, 3.05) is 0 Å². The number of nitrogens with zero attached hydrogens (tertiary/aromatic N) is 2. The first-order chi connectivity index (χ1) is 8.00. The van der Waals surface area contributed by atoms with E-state index >= 15 is 0 Å². The lowest BCUT2D eigenvalue weighted by molar-refractivity contribution is 1.22. The van der Waals surface area contributed by atoms with Crippen molar-refractivity contribution in [2.45, 2.75) is 0 Å². The van der Waals surface area contributed by atoms with Gasteiger partial charge in [-0.05, 0) is 12.2 Å². The number of allylic oxidation sites excluding steroid dienone is 12. The zero-order valence-corrected chi connectivity index (χ0v) is 8.98. The molecular formula is C14H14N2. The molecule has 16 heavy (non-hydrogen) atoms. The molecule has 0 aliphatic carbocycles. The van der Waals surface area contributed by atoms with Crippen LogP contribution in [-0.2, 0) is 0 Å². The molecule has 0 saturated carbocycles. The minimum absolute atomic E-state index is 1.64. The SMILES string of the molecule is C1=C\C=C\C=C\N=N\C=C\C=C/C=C/C=C/1. The van der Waals surface area contributed by atoms with Crippen LogP contribution in [0.1, 0.15) is 0 Å². The van der Waals surface area contributed by atoms with Crippen LogP contribution in [0.5, 0.6) is 0 Å². The molecule has 0 radical (unpaired) electrons. The predicted molar refractivity (Wildman–Crippen MR) is 68.8 cm³/mol. The van der Waals surface area contributed by atoms with Crippen LogP contribution < -0.4 is 0 Å². The van der Waals surface area contributed by atoms with Gasteiger partial charge in [-0.3, -0.25) is 0 Å². The van der Waals surface area contributed by atoms with Crippen LogP contribution >= 0.6 is 0 Å². The Hall–Kier alpha value is -2.22. The van der Waals surface area contributed by atoms with Gasteiger partial charge in [0.1, 0.15) is 0 Å². The van der Waals surface area contributed by atoms with E-state index in [0.29, 0.717) is 0 Å². The number of hydrogen-bond acceptors (Lipinski definition) is 2. The molecule has 1 aliphatic heterocycles. The zero-order valence-electron chi connectivity index (χ0n) is 8.98. The maximum absolute atomic E-state index is 3.82. The summed E-state index contributed by atoms with van der Waals surface area (Å²) in [7, 11) is 0. The fourth-order valence-corrected chi connectivity index (χ4v) is 0.895. The third-order valence-electron chi connectivity index (χ3n) is 1.59. The van der Waals surface area contributed by atoms with Gasteiger partial charge in [0.2, 0.25) is 0 Å². The minimum Gasteiger partial charge on any atom is -0.159 e. The molecule has 0 unspecified atom stereocenters. The maximum Gasteiger partial charge on any atom is 0.0495 e. The average molecular weight is 210 g/mol. The first-order valence-corrected chi connectivity index (χ1v) is 5.05. The van der Waals surface area contributed by atoms with Gasteiger partial charge in [-0.25, -0.2) is 0 Å². The van der Waals surface area contributed by atoms with Crippen LogP contribution in [0.25, 0.3) is 0 Å². The van der Waals surface area contributed by atoms with E-state index in [4.69, 9.17) is 0 Å². The normalized spacial score (nSPS) is 32.0. The lowest BCUT2D eigenvalue weighted by Gasteiger charge is -1.77. The molecule has 1 aliphatic rings. The van der Waals surface area contributed by atoms with Crippen molar-refractivity contribution in [3.05, 3.63) is 85.3 Å². The highest BCUT2D eigenvalue weighted by Crippen LogP contribution is 1.88. The van der Waals surface area contributed by atoms with Crippen LogP contribution in [0.4, 0.5) is 0 Å². The topological polar surface area (TPSA) is 24.7 Å². The van der Waals surface area contributed by atoms with E-state index in [2.05, 4.69) is 10.2 Å². The fourth-order valence-electron chi connectivity index (χ4n) is 0.895. The molecule has 1 rings (SSSR count). The van der Waals surface area contributed by atoms with Gasteiger partial charge in [-0.2, -0.15) is 10.2 Å². The van der Waals surface area contributed by atoms with Crippen molar-refractivity contribution in [3.8, 4) is 0 Å². The lowest BCUT2D eigenvalue weighted by atomic mass is 10.3. The molecule has 2 nitrogen and oxygen atoms in total. The van der Waals surface area contributed by atoms with E-state index in [-0.39, 0.29) is 0 Å². The summed E-state index contributed by atoms with van der Waals surface area (Å²) in [6.45, 7) is 0. The Morgan fingerprint density at radius 2 is 0.562 bits per heavy atom. The van der Waals surface area contributed by atoms with Crippen molar-refractivity contribution in [3.63, 3.8) is 0 Å². The molecule has 0 spiro atoms. The van der Waals surface area contributed by atoms with Gasteiger partial charge in [0.25, 0.3) is 0 Å². The summed E-state index contributed by atoms with van der Waals surface area (Å²) in [5, 5.41) is 7.63. The highest BCUT2D eigenvalue weighted by atomic mass is 15.1. The van der Waals surface area contributed by atoms with Gasteiger partial charge in [0, 0.05) is 12.4 Å². The minimum atomic E-state index is 1.64. The van der Waals surface area contributed by atoms with E-state index < -0.39 is 0 Å². The van der Waals surface area contributed by atoms with E-state index in [0.717, 1.165) is 0 Å². The first kappa shape index (κ1) is 11.9. The van der Waals surface area contributed by atoms with Crippen LogP contribution in [0.2, 0.25) is 0 Å². The lowest BCUT2D eigenvalue weighted by Crippen LogP contribution is -1.55. The second kappa shape index (κ2) is 9.34. The Morgan fingerprint density at radius 1 is 0.312 bits per heavy atom. The van der Waals surface area contributed by atoms with Crippen LogP contribution in [0.3, 0.4) is 0 Å². The van der Waals surface area contributed by atoms with Crippen molar-refractivity contribution < 1.29 is 0 Å². The highest BCUT2D eigenvalue weighted by Gasteiger charge is 1.66. The quantitative estimate of drug-likeness (QED) is 0.570. The van der Waals surface area contributed by atoms with Gasteiger partial charge >= 0.3 is 0 Å². The fraction of sp³-hybridized carbons (Fsp3) is 0. The van der Waals surface area contributed by atoms with Crippen molar-refractivity contribution >= 4 is 0 Å². The van der Waals surface area contributed by atoms with Gasteiger partial charge in [0.15, 0.2) is 0 Å². The molecule has 1 heterocycles. The molecule has 0 N–H and O–H groups in total. The summed E-state index contributed by atoms with van der Waals surface area (Å²) in [4.78, 5) is 0. The van der Waals surface area contributed by atoms with Crippen LogP contribution in [-0.4, -0.2) is 0 Å². The summed E-state index contributed by atoms with van der Waals surface area (Å²) >= 11 is 0. The smallest absolute Gasteiger partial charge is 0.0495 e. The molecule has 80 valence electrons. The standard InChI is InChI=1S/C14H14N2/c1-2-4-6-8-10-12-14-16-15-13-11-9-7-5-3-1/h1-14H/b2-1+,3-1?,4-2?,5-3-,6-4+,7-5?,8-6?,9-7+,10-8-,11-9?,12-10?,13-11+,14-12+,15-13?,16-14?,16-15+. The number of hydrogen-bond donors (Lipinski definition) is 0. The van der Waals surface area contributed by atoms with Gasteiger partial charge < -0.3 is 0 Å². The zero-order chi connectivity index (χ0) is 11.3. The second-order valence-corrected chi connectivity index (χ2v) is 2.84. The van der Waals surface area contributed by atoms with Gasteiger partial charge in [-0.15, -0.1) is 0 Å². The Balaban J connectivity index is 2.67. The van der Waals surface area contributed by atoms with Crippen LogP contribution in [0, 0.1) is 0 Å². The molecule has 0 atom stereocenters. The third kappa shape index (κ3) is 7.21. The molecule has 0 bridgehead atoms. The largest absolute Gasteiger partial charge is 0.159 e. The molecule has 0 aromatic heterocycles. The van der Waals surface area contributed by atoms with Gasteiger partial charge in [0.05, 0.1) is 0 Å². The molecule has 2 heteroatoms. The molecular weight excluding hydrogens is 196 g/mol. The Labute approximate surface area is 96.1 Å². The number of rotatable bonds is 0. The first-order valence-electron chi connectivity index (χ1n) is 5.05. The molecule has 0 aromatic rings. The highest BCUT2D eigenvalue weighted by molar-refractivity contribution is 5.20.